The minimum Gasteiger partial charge on any atom is -0.480 e. The highest BCUT2D eigenvalue weighted by molar-refractivity contribution is 7.32. The standard InChI is InChI=1S/C26H44N5O10P/c32-23(17-31(20-26(37)38)7-6-22-4-2-1-3-5-22)16-27-8-10-28(18-24(33)34)12-14-30(21-41-42(39)40)15-13-29(11-9-27)19-25(35)36/h1-5,23,32,42H,6-21H2,(H,33,34)(H,35,36)(H,37,38)(H,39,40). The van der Waals surface area contributed by atoms with Gasteiger partial charge >= 0.3 is 26.2 Å². The van der Waals surface area contributed by atoms with Gasteiger partial charge in [-0.1, -0.05) is 30.3 Å². The van der Waals surface area contributed by atoms with E-state index in [0.29, 0.717) is 65.3 Å². The van der Waals surface area contributed by atoms with Gasteiger partial charge in [0.15, 0.2) is 0 Å². The molecule has 2 rings (SSSR count). The zero-order valence-electron chi connectivity index (χ0n) is 23.8. The van der Waals surface area contributed by atoms with Crippen molar-refractivity contribution in [2.45, 2.75) is 12.5 Å². The number of aliphatic hydroxyl groups excluding tert-OH is 1. The van der Waals surface area contributed by atoms with Crippen LogP contribution >= 0.6 is 8.25 Å². The molecule has 1 saturated heterocycles. The van der Waals surface area contributed by atoms with E-state index in [-0.39, 0.29) is 39.5 Å². The van der Waals surface area contributed by atoms with Crippen molar-refractivity contribution in [2.75, 3.05) is 98.4 Å². The van der Waals surface area contributed by atoms with Crippen LogP contribution in [0.1, 0.15) is 5.56 Å². The van der Waals surface area contributed by atoms with Gasteiger partial charge in [0.05, 0.1) is 25.7 Å². The summed E-state index contributed by atoms with van der Waals surface area (Å²) < 4.78 is 16.0. The third kappa shape index (κ3) is 16.2. The number of benzene rings is 1. The van der Waals surface area contributed by atoms with E-state index in [0.717, 1.165) is 5.56 Å². The second-order valence-corrected chi connectivity index (χ2v) is 11.1. The molecule has 0 saturated carbocycles. The first-order valence-electron chi connectivity index (χ1n) is 13.8. The summed E-state index contributed by atoms with van der Waals surface area (Å²) in [6, 6.07) is 9.64. The van der Waals surface area contributed by atoms with Gasteiger partial charge in [-0.3, -0.25) is 48.0 Å². The van der Waals surface area contributed by atoms with E-state index in [2.05, 4.69) is 0 Å². The molecule has 238 valence electrons. The number of nitrogens with zero attached hydrogens (tertiary/aromatic N) is 5. The Bertz CT molecular complexity index is 959. The van der Waals surface area contributed by atoms with Crippen molar-refractivity contribution in [3.63, 3.8) is 0 Å². The molecule has 0 spiro atoms. The average Bonchev–Trinajstić information content (AvgIpc) is 2.90. The van der Waals surface area contributed by atoms with Gasteiger partial charge in [0.1, 0.15) is 6.73 Å². The second-order valence-electron chi connectivity index (χ2n) is 10.3. The van der Waals surface area contributed by atoms with Gasteiger partial charge in [-0.2, -0.15) is 0 Å². The van der Waals surface area contributed by atoms with Crippen LogP contribution in [-0.2, 0) is 29.9 Å². The van der Waals surface area contributed by atoms with E-state index in [4.69, 9.17) is 9.42 Å². The summed E-state index contributed by atoms with van der Waals surface area (Å²) in [6.45, 7) is 2.69. The number of β-amino-alcohol motifs (C(OH)–C–C–N with tert-alkyl or cyclic N) is 1. The number of carboxylic acid groups (broad SMARTS) is 3. The van der Waals surface area contributed by atoms with E-state index >= 15 is 0 Å². The lowest BCUT2D eigenvalue weighted by molar-refractivity contribution is -0.139. The first-order chi connectivity index (χ1) is 20.0. The quantitative estimate of drug-likeness (QED) is 0.138. The second kappa shape index (κ2) is 19.7. The molecule has 1 heterocycles. The van der Waals surface area contributed by atoms with Crippen molar-refractivity contribution in [3.05, 3.63) is 35.9 Å². The first kappa shape index (κ1) is 35.7. The molecule has 5 N–H and O–H groups in total. The average molecular weight is 618 g/mol. The molecule has 16 heteroatoms. The topological polar surface area (TPSA) is 195 Å². The molecule has 1 aromatic carbocycles. The summed E-state index contributed by atoms with van der Waals surface area (Å²) in [7, 11) is -3.17. The Balaban J connectivity index is 2.10. The van der Waals surface area contributed by atoms with E-state index in [1.165, 1.54) is 0 Å². The molecule has 0 radical (unpaired) electrons. The van der Waals surface area contributed by atoms with Crippen molar-refractivity contribution in [2.24, 2.45) is 0 Å². The Labute approximate surface area is 246 Å². The Morgan fingerprint density at radius 2 is 1.31 bits per heavy atom. The van der Waals surface area contributed by atoms with Gasteiger partial charge < -0.3 is 25.3 Å². The lowest BCUT2D eigenvalue weighted by Crippen LogP contribution is -2.50. The molecular weight excluding hydrogens is 573 g/mol. The molecule has 2 unspecified atom stereocenters. The van der Waals surface area contributed by atoms with Crippen molar-refractivity contribution >= 4 is 26.2 Å². The molecule has 42 heavy (non-hydrogen) atoms. The summed E-state index contributed by atoms with van der Waals surface area (Å²) in [5.41, 5.74) is 1.05. The lowest BCUT2D eigenvalue weighted by atomic mass is 10.1. The number of aliphatic carboxylic acids is 3. The normalized spacial score (nSPS) is 18.6. The summed E-state index contributed by atoms with van der Waals surface area (Å²) in [5.74, 6) is -3.01. The maximum Gasteiger partial charge on any atom is 0.317 e. The van der Waals surface area contributed by atoms with E-state index < -0.39 is 32.3 Å². The predicted molar refractivity (Wildman–Crippen MR) is 154 cm³/mol. The molecule has 0 bridgehead atoms. The largest absolute Gasteiger partial charge is 0.480 e. The fraction of sp³-hybridized carbons (Fsp3) is 0.654. The minimum absolute atomic E-state index is 0.121. The molecule has 1 fully saturated rings. The van der Waals surface area contributed by atoms with Gasteiger partial charge in [0.25, 0.3) is 0 Å². The third-order valence-electron chi connectivity index (χ3n) is 6.87. The maximum atomic E-state index is 11.5. The van der Waals surface area contributed by atoms with Crippen molar-refractivity contribution in [1.29, 1.82) is 0 Å². The molecule has 0 amide bonds. The van der Waals surface area contributed by atoms with Gasteiger partial charge in [-0.25, -0.2) is 0 Å². The van der Waals surface area contributed by atoms with Gasteiger partial charge in [0, 0.05) is 72.0 Å². The molecule has 1 aromatic rings. The Hall–Kier alpha value is -2.46. The van der Waals surface area contributed by atoms with Gasteiger partial charge in [0.2, 0.25) is 0 Å². The number of aliphatic hydroxyl groups is 1. The zero-order valence-corrected chi connectivity index (χ0v) is 24.8. The Kier molecular flexibility index (Phi) is 16.7. The summed E-state index contributed by atoms with van der Waals surface area (Å²) >= 11 is 0. The first-order valence-corrected chi connectivity index (χ1v) is 15.1. The number of rotatable bonds is 16. The number of carboxylic acids is 3. The summed E-state index contributed by atoms with van der Waals surface area (Å²) in [5, 5.41) is 39.2. The highest BCUT2D eigenvalue weighted by atomic mass is 31.1. The van der Waals surface area contributed by atoms with E-state index in [1.807, 2.05) is 35.2 Å². The van der Waals surface area contributed by atoms with Gasteiger partial charge in [-0.15, -0.1) is 0 Å². The van der Waals surface area contributed by atoms with Crippen LogP contribution in [0.2, 0.25) is 0 Å². The monoisotopic (exact) mass is 617 g/mol. The van der Waals surface area contributed by atoms with Gasteiger partial charge in [-0.05, 0) is 12.0 Å². The minimum atomic E-state index is -3.17. The van der Waals surface area contributed by atoms with Crippen molar-refractivity contribution in [1.82, 2.24) is 24.5 Å². The third-order valence-corrected chi connectivity index (χ3v) is 7.25. The van der Waals surface area contributed by atoms with E-state index in [1.54, 1.807) is 19.6 Å². The number of carbonyl (C=O) groups is 3. The molecule has 0 aromatic heterocycles. The molecule has 1 aliphatic rings. The fourth-order valence-electron chi connectivity index (χ4n) is 4.75. The van der Waals surface area contributed by atoms with Crippen LogP contribution in [-0.4, -0.2) is 172 Å². The van der Waals surface area contributed by atoms with Crippen LogP contribution in [0.4, 0.5) is 0 Å². The Morgan fingerprint density at radius 1 is 0.810 bits per heavy atom. The van der Waals surface area contributed by atoms with Crippen LogP contribution in [0.5, 0.6) is 0 Å². The molecule has 1 aliphatic heterocycles. The van der Waals surface area contributed by atoms with Crippen molar-refractivity contribution < 1.29 is 48.8 Å². The van der Waals surface area contributed by atoms with E-state index in [9.17, 15) is 39.4 Å². The highest BCUT2D eigenvalue weighted by Gasteiger charge is 2.22. The van der Waals surface area contributed by atoms with Crippen LogP contribution in [0, 0.1) is 0 Å². The Morgan fingerprint density at radius 3 is 1.79 bits per heavy atom. The van der Waals surface area contributed by atoms with Crippen LogP contribution in [0.15, 0.2) is 30.3 Å². The smallest absolute Gasteiger partial charge is 0.317 e. The molecule has 0 aliphatic carbocycles. The number of hydrogen-bond acceptors (Lipinski definition) is 11. The SMILES string of the molecule is O=C(O)CN1CCN(CO[PH](=O)O)CCN(CC(=O)O)CCN(CC(O)CN(CCc2ccccc2)CC(=O)O)CC1. The maximum absolute atomic E-state index is 11.5. The van der Waals surface area contributed by atoms with Crippen LogP contribution in [0.3, 0.4) is 0 Å². The fourth-order valence-corrected chi connectivity index (χ4v) is 5.04. The van der Waals surface area contributed by atoms with Crippen molar-refractivity contribution in [3.8, 4) is 0 Å². The molecule has 2 atom stereocenters. The predicted octanol–water partition coefficient (Wildman–Crippen LogP) is -1.28. The zero-order chi connectivity index (χ0) is 30.9. The highest BCUT2D eigenvalue weighted by Crippen LogP contribution is 2.15. The van der Waals surface area contributed by atoms with Crippen LogP contribution in [0.25, 0.3) is 0 Å². The lowest BCUT2D eigenvalue weighted by Gasteiger charge is -2.34. The summed E-state index contributed by atoms with van der Waals surface area (Å²) in [4.78, 5) is 52.4. The number of hydrogen-bond donors (Lipinski definition) is 5. The van der Waals surface area contributed by atoms with Crippen LogP contribution < -0.4 is 0 Å². The molecule has 15 nitrogen and oxygen atoms in total. The summed E-state index contributed by atoms with van der Waals surface area (Å²) in [6.07, 6.45) is -0.279. The molecular formula is C26H44N5O10P.